The third-order valence-electron chi connectivity index (χ3n) is 4.38. The molecule has 0 aliphatic carbocycles. The zero-order chi connectivity index (χ0) is 19.4. The molecule has 8 heteroatoms. The van der Waals surface area contributed by atoms with Crippen molar-refractivity contribution in [3.63, 3.8) is 0 Å². The topological polar surface area (TPSA) is 78.0 Å². The highest BCUT2D eigenvalue weighted by atomic mass is 127. The Kier molecular flexibility index (Phi) is 13.9. The quantitative estimate of drug-likeness (QED) is 0.208. The van der Waals surface area contributed by atoms with E-state index in [1.54, 1.807) is 7.05 Å². The SMILES string of the molecule is CN=C(NCCCCN1CCC(C)CC1)NCCNC(=O)OC(C)(C)C.I. The number of hydrogen-bond donors (Lipinski definition) is 3. The number of piperidine rings is 1. The fourth-order valence-corrected chi connectivity index (χ4v) is 2.83. The molecule has 0 aromatic carbocycles. The minimum Gasteiger partial charge on any atom is -0.444 e. The van der Waals surface area contributed by atoms with Gasteiger partial charge in [0.1, 0.15) is 5.60 Å². The number of ether oxygens (including phenoxy) is 1. The predicted molar refractivity (Wildman–Crippen MR) is 123 cm³/mol. The maximum absolute atomic E-state index is 11.6. The van der Waals surface area contributed by atoms with Crippen molar-refractivity contribution < 1.29 is 9.53 Å². The highest BCUT2D eigenvalue weighted by Gasteiger charge is 2.16. The second-order valence-corrected chi connectivity index (χ2v) is 8.09. The number of unbranched alkanes of at least 4 members (excludes halogenated alkanes) is 1. The van der Waals surface area contributed by atoms with Crippen LogP contribution in [0.4, 0.5) is 4.79 Å². The van der Waals surface area contributed by atoms with Crippen LogP contribution in [0.1, 0.15) is 53.4 Å². The molecular formula is C19H40IN5O2. The van der Waals surface area contributed by atoms with Crippen molar-refractivity contribution in [2.75, 3.05) is 46.3 Å². The maximum atomic E-state index is 11.6. The molecule has 1 aliphatic heterocycles. The minimum absolute atomic E-state index is 0. The number of nitrogens with zero attached hydrogens (tertiary/aromatic N) is 2. The van der Waals surface area contributed by atoms with E-state index in [9.17, 15) is 4.79 Å². The van der Waals surface area contributed by atoms with E-state index < -0.39 is 11.7 Å². The monoisotopic (exact) mass is 497 g/mol. The van der Waals surface area contributed by atoms with Gasteiger partial charge in [0, 0.05) is 26.7 Å². The third kappa shape index (κ3) is 14.0. The number of carbonyl (C=O) groups excluding carboxylic acids is 1. The molecular weight excluding hydrogens is 457 g/mol. The zero-order valence-electron chi connectivity index (χ0n) is 17.8. The van der Waals surface area contributed by atoms with Gasteiger partial charge in [0.05, 0.1) is 0 Å². The van der Waals surface area contributed by atoms with Crippen LogP contribution in [0.25, 0.3) is 0 Å². The molecule has 0 radical (unpaired) electrons. The largest absolute Gasteiger partial charge is 0.444 e. The second-order valence-electron chi connectivity index (χ2n) is 8.09. The molecule has 3 N–H and O–H groups in total. The molecule has 1 fully saturated rings. The van der Waals surface area contributed by atoms with Crippen LogP contribution in [0.15, 0.2) is 4.99 Å². The van der Waals surface area contributed by atoms with Gasteiger partial charge in [-0.2, -0.15) is 0 Å². The van der Waals surface area contributed by atoms with Gasteiger partial charge in [0.25, 0.3) is 0 Å². The predicted octanol–water partition coefficient (Wildman–Crippen LogP) is 2.81. The molecule has 1 amide bonds. The summed E-state index contributed by atoms with van der Waals surface area (Å²) < 4.78 is 5.19. The molecule has 1 heterocycles. The lowest BCUT2D eigenvalue weighted by molar-refractivity contribution is 0.0529. The van der Waals surface area contributed by atoms with E-state index in [-0.39, 0.29) is 24.0 Å². The van der Waals surface area contributed by atoms with Crippen molar-refractivity contribution in [3.8, 4) is 0 Å². The number of alkyl carbamates (subject to hydrolysis) is 1. The number of carbonyl (C=O) groups is 1. The van der Waals surface area contributed by atoms with Gasteiger partial charge in [-0.25, -0.2) is 4.79 Å². The van der Waals surface area contributed by atoms with Crippen molar-refractivity contribution in [2.45, 2.75) is 59.0 Å². The Hall–Kier alpha value is -0.770. The smallest absolute Gasteiger partial charge is 0.407 e. The summed E-state index contributed by atoms with van der Waals surface area (Å²) in [5, 5.41) is 9.23. The van der Waals surface area contributed by atoms with Gasteiger partial charge in [-0.15, -0.1) is 24.0 Å². The molecule has 7 nitrogen and oxygen atoms in total. The van der Waals surface area contributed by atoms with E-state index in [1.165, 1.54) is 38.9 Å². The van der Waals surface area contributed by atoms with Crippen LogP contribution in [0.3, 0.4) is 0 Å². The van der Waals surface area contributed by atoms with Crippen molar-refractivity contribution in [1.29, 1.82) is 0 Å². The zero-order valence-corrected chi connectivity index (χ0v) is 20.1. The molecule has 0 aromatic rings. The number of aliphatic imine (C=N–C) groups is 1. The number of hydrogen-bond acceptors (Lipinski definition) is 4. The van der Waals surface area contributed by atoms with Crippen LogP contribution in [0.5, 0.6) is 0 Å². The van der Waals surface area contributed by atoms with Gasteiger partial charge in [0.2, 0.25) is 0 Å². The molecule has 1 rings (SSSR count). The average Bonchev–Trinajstić information content (AvgIpc) is 2.56. The Bertz CT molecular complexity index is 432. The van der Waals surface area contributed by atoms with Crippen LogP contribution >= 0.6 is 24.0 Å². The number of rotatable bonds is 8. The fraction of sp³-hybridized carbons (Fsp3) is 0.895. The molecule has 1 aliphatic rings. The molecule has 1 saturated heterocycles. The van der Waals surface area contributed by atoms with E-state index in [0.717, 1.165) is 24.8 Å². The summed E-state index contributed by atoms with van der Waals surface area (Å²) in [4.78, 5) is 18.3. The summed E-state index contributed by atoms with van der Waals surface area (Å²) in [6.45, 7) is 13.6. The van der Waals surface area contributed by atoms with Gasteiger partial charge in [0.15, 0.2) is 5.96 Å². The van der Waals surface area contributed by atoms with E-state index in [1.807, 2.05) is 20.8 Å². The molecule has 0 unspecified atom stereocenters. The van der Waals surface area contributed by atoms with Gasteiger partial charge in [-0.1, -0.05) is 6.92 Å². The number of halogens is 1. The standard InChI is InChI=1S/C19H39N5O2.HI/c1-16-8-14-24(15-9-16)13-7-6-10-21-17(20-5)22-11-12-23-18(25)26-19(2,3)4;/h16H,6-15H2,1-5H3,(H,23,25)(H2,20,21,22);1H. The molecule has 27 heavy (non-hydrogen) atoms. The van der Waals surface area contributed by atoms with Crippen molar-refractivity contribution >= 4 is 36.0 Å². The summed E-state index contributed by atoms with van der Waals surface area (Å²) in [7, 11) is 1.76. The highest BCUT2D eigenvalue weighted by molar-refractivity contribution is 14.0. The Morgan fingerprint density at radius 1 is 1.07 bits per heavy atom. The average molecular weight is 497 g/mol. The molecule has 0 atom stereocenters. The number of likely N-dealkylation sites (tertiary alicyclic amines) is 1. The Morgan fingerprint density at radius 3 is 2.26 bits per heavy atom. The van der Waals surface area contributed by atoms with Crippen LogP contribution < -0.4 is 16.0 Å². The first-order chi connectivity index (χ1) is 12.3. The third-order valence-corrected chi connectivity index (χ3v) is 4.38. The fourth-order valence-electron chi connectivity index (χ4n) is 2.83. The number of amides is 1. The summed E-state index contributed by atoms with van der Waals surface area (Å²) in [5.41, 5.74) is -0.471. The molecule has 0 bridgehead atoms. The van der Waals surface area contributed by atoms with Gasteiger partial charge in [-0.05, 0) is 72.0 Å². The van der Waals surface area contributed by atoms with Crippen molar-refractivity contribution in [3.05, 3.63) is 0 Å². The van der Waals surface area contributed by atoms with Crippen LogP contribution in [0, 0.1) is 5.92 Å². The maximum Gasteiger partial charge on any atom is 0.407 e. The normalized spacial score (nSPS) is 16.4. The van der Waals surface area contributed by atoms with Crippen LogP contribution in [-0.2, 0) is 4.74 Å². The molecule has 0 saturated carbocycles. The number of guanidine groups is 1. The van der Waals surface area contributed by atoms with Crippen LogP contribution in [0.2, 0.25) is 0 Å². The van der Waals surface area contributed by atoms with Gasteiger partial charge in [-0.3, -0.25) is 4.99 Å². The molecule has 0 aromatic heterocycles. The Labute approximate surface area is 182 Å². The van der Waals surface area contributed by atoms with E-state index in [4.69, 9.17) is 4.74 Å². The Balaban J connectivity index is 0.00000676. The lowest BCUT2D eigenvalue weighted by Crippen LogP contribution is -2.42. The van der Waals surface area contributed by atoms with Gasteiger partial charge >= 0.3 is 6.09 Å². The Morgan fingerprint density at radius 2 is 1.67 bits per heavy atom. The van der Waals surface area contributed by atoms with E-state index in [0.29, 0.717) is 13.1 Å². The van der Waals surface area contributed by atoms with Gasteiger partial charge < -0.3 is 25.6 Å². The highest BCUT2D eigenvalue weighted by Crippen LogP contribution is 2.16. The number of nitrogens with one attached hydrogen (secondary N) is 3. The summed E-state index contributed by atoms with van der Waals surface area (Å²) in [6, 6.07) is 0. The first-order valence-corrected chi connectivity index (χ1v) is 9.94. The first-order valence-electron chi connectivity index (χ1n) is 9.94. The first kappa shape index (κ1) is 26.2. The summed E-state index contributed by atoms with van der Waals surface area (Å²) in [5.74, 6) is 1.66. The minimum atomic E-state index is -0.471. The van der Waals surface area contributed by atoms with Crippen LogP contribution in [-0.4, -0.2) is 68.9 Å². The molecule has 0 spiro atoms. The summed E-state index contributed by atoms with van der Waals surface area (Å²) in [6.07, 6.45) is 4.62. The molecule has 160 valence electrons. The van der Waals surface area contributed by atoms with Crippen molar-refractivity contribution in [1.82, 2.24) is 20.9 Å². The summed E-state index contributed by atoms with van der Waals surface area (Å²) >= 11 is 0. The second kappa shape index (κ2) is 14.3. The van der Waals surface area contributed by atoms with E-state index in [2.05, 4.69) is 32.8 Å². The lowest BCUT2D eigenvalue weighted by Gasteiger charge is -2.30. The van der Waals surface area contributed by atoms with Crippen molar-refractivity contribution in [2.24, 2.45) is 10.9 Å². The van der Waals surface area contributed by atoms with E-state index >= 15 is 0 Å². The lowest BCUT2D eigenvalue weighted by atomic mass is 9.99.